The summed E-state index contributed by atoms with van der Waals surface area (Å²) in [5, 5.41) is 8.81. The lowest BCUT2D eigenvalue weighted by molar-refractivity contribution is -0.137. The van der Waals surface area contributed by atoms with Crippen molar-refractivity contribution in [3.05, 3.63) is 81.7 Å². The van der Waals surface area contributed by atoms with Gasteiger partial charge in [-0.3, -0.25) is 14.4 Å². The largest absolute Gasteiger partial charge is 0.416 e. The second kappa shape index (κ2) is 11.4. The SMILES string of the molecule is O=C(/C=N/OCC(=O)Nc1sc2c(c1C(=O)c1ccccc1)CCCC2)Nc1cccc(C(F)(F)F)c1. The summed E-state index contributed by atoms with van der Waals surface area (Å²) in [6.45, 7) is -0.533. The van der Waals surface area contributed by atoms with Crippen LogP contribution >= 0.6 is 11.3 Å². The number of benzene rings is 2. The van der Waals surface area contributed by atoms with Gasteiger partial charge in [-0.1, -0.05) is 41.6 Å². The molecule has 0 aliphatic heterocycles. The van der Waals surface area contributed by atoms with Crippen LogP contribution in [-0.4, -0.2) is 30.4 Å². The normalized spacial score (nSPS) is 13.2. The fourth-order valence-electron chi connectivity index (χ4n) is 3.92. The van der Waals surface area contributed by atoms with Gasteiger partial charge in [0.05, 0.1) is 11.1 Å². The molecule has 192 valence electrons. The van der Waals surface area contributed by atoms with Crippen molar-refractivity contribution in [3.8, 4) is 0 Å². The number of anilines is 2. The Kier molecular flexibility index (Phi) is 8.02. The number of oxime groups is 1. The number of fused-ring (bicyclic) bond motifs is 1. The number of ketones is 1. The molecule has 0 atom stereocenters. The number of nitrogens with zero attached hydrogens (tertiary/aromatic N) is 1. The van der Waals surface area contributed by atoms with E-state index < -0.39 is 30.2 Å². The number of aryl methyl sites for hydroxylation is 1. The number of hydrogen-bond donors (Lipinski definition) is 2. The number of nitrogens with one attached hydrogen (secondary N) is 2. The molecule has 0 fully saturated rings. The maximum atomic E-state index is 13.2. The van der Waals surface area contributed by atoms with E-state index in [4.69, 9.17) is 4.84 Å². The fourth-order valence-corrected chi connectivity index (χ4v) is 5.22. The summed E-state index contributed by atoms with van der Waals surface area (Å²) in [6.07, 6.45) is -0.253. The van der Waals surface area contributed by atoms with E-state index in [1.165, 1.54) is 17.4 Å². The zero-order valence-corrected chi connectivity index (χ0v) is 20.2. The lowest BCUT2D eigenvalue weighted by atomic mass is 9.92. The highest BCUT2D eigenvalue weighted by atomic mass is 32.1. The molecular weight excluding hydrogens is 507 g/mol. The average Bonchev–Trinajstić information content (AvgIpc) is 3.24. The monoisotopic (exact) mass is 529 g/mol. The minimum absolute atomic E-state index is 0.0682. The van der Waals surface area contributed by atoms with Crippen LogP contribution in [0, 0.1) is 0 Å². The summed E-state index contributed by atoms with van der Waals surface area (Å²) < 4.78 is 38.4. The molecule has 37 heavy (non-hydrogen) atoms. The Morgan fingerprint density at radius 3 is 2.51 bits per heavy atom. The van der Waals surface area contributed by atoms with E-state index in [9.17, 15) is 27.6 Å². The lowest BCUT2D eigenvalue weighted by Crippen LogP contribution is -2.19. The first-order chi connectivity index (χ1) is 17.7. The molecule has 2 amide bonds. The first-order valence-corrected chi connectivity index (χ1v) is 12.2. The zero-order chi connectivity index (χ0) is 26.4. The Balaban J connectivity index is 1.36. The Morgan fingerprint density at radius 1 is 1.00 bits per heavy atom. The van der Waals surface area contributed by atoms with Crippen molar-refractivity contribution < 1.29 is 32.4 Å². The number of thiophene rings is 1. The van der Waals surface area contributed by atoms with Crippen molar-refractivity contribution in [1.29, 1.82) is 0 Å². The van der Waals surface area contributed by atoms with Gasteiger partial charge in [-0.05, 0) is 49.4 Å². The minimum atomic E-state index is -4.54. The lowest BCUT2D eigenvalue weighted by Gasteiger charge is -2.12. The number of carbonyl (C=O) groups excluding carboxylic acids is 3. The van der Waals surface area contributed by atoms with E-state index in [0.29, 0.717) is 22.3 Å². The number of rotatable bonds is 8. The van der Waals surface area contributed by atoms with Gasteiger partial charge >= 0.3 is 6.18 Å². The highest BCUT2D eigenvalue weighted by Gasteiger charge is 2.30. The maximum absolute atomic E-state index is 13.2. The van der Waals surface area contributed by atoms with Crippen LogP contribution in [0.1, 0.15) is 44.8 Å². The Labute approximate surface area is 214 Å². The van der Waals surface area contributed by atoms with Crippen molar-refractivity contribution in [3.63, 3.8) is 0 Å². The number of carbonyl (C=O) groups is 3. The van der Waals surface area contributed by atoms with Crippen molar-refractivity contribution in [2.45, 2.75) is 31.9 Å². The van der Waals surface area contributed by atoms with E-state index in [1.807, 2.05) is 6.07 Å². The fraction of sp³-hybridized carbons (Fsp3) is 0.231. The molecule has 0 saturated carbocycles. The molecule has 1 aliphatic carbocycles. The Bertz CT molecular complexity index is 1340. The topological polar surface area (TPSA) is 96.9 Å². The van der Waals surface area contributed by atoms with Crippen LogP contribution in [-0.2, 0) is 33.4 Å². The maximum Gasteiger partial charge on any atom is 0.416 e. The molecule has 0 unspecified atom stereocenters. The van der Waals surface area contributed by atoms with Crippen molar-refractivity contribution in [2.75, 3.05) is 17.2 Å². The predicted molar refractivity (Wildman–Crippen MR) is 134 cm³/mol. The molecular formula is C26H22F3N3O4S. The smallest absolute Gasteiger partial charge is 0.385 e. The van der Waals surface area contributed by atoms with Crippen LogP contribution in [0.15, 0.2) is 59.8 Å². The molecule has 0 spiro atoms. The predicted octanol–water partition coefficient (Wildman–Crippen LogP) is 5.46. The molecule has 1 aromatic heterocycles. The summed E-state index contributed by atoms with van der Waals surface area (Å²) in [4.78, 5) is 43.6. The summed E-state index contributed by atoms with van der Waals surface area (Å²) >= 11 is 1.37. The molecule has 0 radical (unpaired) electrons. The van der Waals surface area contributed by atoms with Gasteiger partial charge in [0.1, 0.15) is 11.2 Å². The summed E-state index contributed by atoms with van der Waals surface area (Å²) in [5.41, 5.74) is 1.00. The number of hydrogen-bond acceptors (Lipinski definition) is 6. The molecule has 3 aromatic rings. The van der Waals surface area contributed by atoms with Crippen LogP contribution < -0.4 is 10.6 Å². The first kappa shape index (κ1) is 26.1. The second-order valence-electron chi connectivity index (χ2n) is 8.23. The summed E-state index contributed by atoms with van der Waals surface area (Å²) in [5.74, 6) is -1.57. The molecule has 1 aliphatic rings. The summed E-state index contributed by atoms with van der Waals surface area (Å²) in [6, 6.07) is 13.0. The second-order valence-corrected chi connectivity index (χ2v) is 9.34. The standard InChI is InChI=1S/C26H22F3N3O4S/c27-26(28,29)17-9-6-10-18(13-17)31-21(33)14-30-36-15-22(34)32-25-23(19-11-4-5-12-20(19)37-25)24(35)16-7-2-1-3-8-16/h1-3,6-10,13-14H,4-5,11-12,15H2,(H,31,33)(H,32,34)/b30-14+. The molecule has 11 heteroatoms. The molecule has 4 rings (SSSR count). The molecule has 7 nitrogen and oxygen atoms in total. The van der Waals surface area contributed by atoms with E-state index in [1.54, 1.807) is 24.3 Å². The highest BCUT2D eigenvalue weighted by Crippen LogP contribution is 2.39. The van der Waals surface area contributed by atoms with Gasteiger partial charge in [-0.25, -0.2) is 0 Å². The first-order valence-electron chi connectivity index (χ1n) is 11.4. The van der Waals surface area contributed by atoms with Crippen molar-refractivity contribution in [2.24, 2.45) is 5.16 Å². The van der Waals surface area contributed by atoms with Gasteiger partial charge < -0.3 is 15.5 Å². The van der Waals surface area contributed by atoms with Gasteiger partial charge in [-0.2, -0.15) is 13.2 Å². The van der Waals surface area contributed by atoms with Crippen LogP contribution in [0.2, 0.25) is 0 Å². The Hall–Kier alpha value is -3.99. The quantitative estimate of drug-likeness (QED) is 0.230. The van der Waals surface area contributed by atoms with Crippen molar-refractivity contribution >= 4 is 45.8 Å². The van der Waals surface area contributed by atoms with E-state index >= 15 is 0 Å². The number of amides is 2. The number of halogens is 3. The van der Waals surface area contributed by atoms with Gasteiger partial charge in [0.2, 0.25) is 0 Å². The third-order valence-electron chi connectivity index (χ3n) is 5.58. The van der Waals surface area contributed by atoms with Gasteiger partial charge in [0.15, 0.2) is 12.4 Å². The van der Waals surface area contributed by atoms with Gasteiger partial charge in [0, 0.05) is 16.1 Å². The van der Waals surface area contributed by atoms with Crippen molar-refractivity contribution in [1.82, 2.24) is 0 Å². The van der Waals surface area contributed by atoms with E-state index in [2.05, 4.69) is 15.8 Å². The molecule has 0 bridgehead atoms. The Morgan fingerprint density at radius 2 is 1.76 bits per heavy atom. The van der Waals surface area contributed by atoms with E-state index in [-0.39, 0.29) is 11.5 Å². The average molecular weight is 530 g/mol. The molecule has 2 N–H and O–H groups in total. The molecule has 0 saturated heterocycles. The molecule has 1 heterocycles. The third-order valence-corrected chi connectivity index (χ3v) is 6.79. The number of alkyl halides is 3. The van der Waals surface area contributed by atoms with Crippen LogP contribution in [0.25, 0.3) is 0 Å². The van der Waals surface area contributed by atoms with E-state index in [0.717, 1.165) is 54.3 Å². The van der Waals surface area contributed by atoms with Gasteiger partial charge in [-0.15, -0.1) is 11.3 Å². The van der Waals surface area contributed by atoms with Crippen LogP contribution in [0.4, 0.5) is 23.9 Å². The minimum Gasteiger partial charge on any atom is -0.385 e. The van der Waals surface area contributed by atoms with Crippen LogP contribution in [0.3, 0.4) is 0 Å². The molecule has 2 aromatic carbocycles. The third kappa shape index (κ3) is 6.62. The van der Waals surface area contributed by atoms with Gasteiger partial charge in [0.25, 0.3) is 11.8 Å². The van der Waals surface area contributed by atoms with Crippen LogP contribution in [0.5, 0.6) is 0 Å². The zero-order valence-electron chi connectivity index (χ0n) is 19.4. The highest BCUT2D eigenvalue weighted by molar-refractivity contribution is 7.17. The summed E-state index contributed by atoms with van der Waals surface area (Å²) in [7, 11) is 0.